The van der Waals surface area contributed by atoms with E-state index in [0.29, 0.717) is 17.1 Å². The summed E-state index contributed by atoms with van der Waals surface area (Å²) in [5.74, 6) is -0.949. The van der Waals surface area contributed by atoms with Gasteiger partial charge in [-0.3, -0.25) is 4.79 Å². The first-order valence-electron chi connectivity index (χ1n) is 7.38. The molecule has 0 aliphatic rings. The molecule has 0 aliphatic heterocycles. The van der Waals surface area contributed by atoms with Gasteiger partial charge in [-0.15, -0.1) is 6.58 Å². The van der Waals surface area contributed by atoms with Gasteiger partial charge in [0.25, 0.3) is 0 Å². The summed E-state index contributed by atoms with van der Waals surface area (Å²) in [4.78, 5) is 24.4. The van der Waals surface area contributed by atoms with Crippen molar-refractivity contribution in [3.05, 3.63) is 64.5 Å². The van der Waals surface area contributed by atoms with E-state index in [1.54, 1.807) is 18.2 Å². The van der Waals surface area contributed by atoms with Crippen molar-refractivity contribution >= 4 is 29.0 Å². The van der Waals surface area contributed by atoms with Gasteiger partial charge in [0.05, 0.1) is 5.56 Å². The summed E-state index contributed by atoms with van der Waals surface area (Å²) >= 11 is 5.85. The molecule has 2 rings (SSSR count). The van der Waals surface area contributed by atoms with E-state index < -0.39 is 5.97 Å². The van der Waals surface area contributed by atoms with E-state index in [9.17, 15) is 9.59 Å². The number of Topliss-reactive ketones (excluding diaryl/α,β-unsaturated/α-hetero) is 1. The first kappa shape index (κ1) is 17.8. The molecule has 5 nitrogen and oxygen atoms in total. The topological polar surface area (TPSA) is 74.3 Å². The Morgan fingerprint density at radius 2 is 2.00 bits per heavy atom. The highest BCUT2D eigenvalue weighted by atomic mass is 35.5. The second-order valence-corrected chi connectivity index (χ2v) is 5.85. The third-order valence-corrected chi connectivity index (χ3v) is 3.99. The number of nitrogen functional groups attached to an aromatic ring is 1. The number of rotatable bonds is 6. The van der Waals surface area contributed by atoms with Crippen molar-refractivity contribution in [2.75, 3.05) is 12.3 Å². The average molecular weight is 347 g/mol. The number of aromatic nitrogens is 1. The van der Waals surface area contributed by atoms with Gasteiger partial charge in [-0.25, -0.2) is 4.79 Å². The Labute approximate surface area is 145 Å². The molecule has 0 saturated carbocycles. The molecule has 0 bridgehead atoms. The maximum absolute atomic E-state index is 12.3. The van der Waals surface area contributed by atoms with Crippen LogP contribution in [-0.4, -0.2) is 22.9 Å². The summed E-state index contributed by atoms with van der Waals surface area (Å²) in [7, 11) is 0. The predicted molar refractivity (Wildman–Crippen MR) is 94.6 cm³/mol. The highest BCUT2D eigenvalue weighted by Crippen LogP contribution is 2.20. The maximum Gasteiger partial charge on any atom is 0.340 e. The SMILES string of the molecule is C=CCn1c(C)cc(C(=O)COC(=O)c2cc(Cl)ccc2N)c1C. The van der Waals surface area contributed by atoms with Crippen molar-refractivity contribution in [2.45, 2.75) is 20.4 Å². The number of ether oxygens (including phenoxy) is 1. The van der Waals surface area contributed by atoms with Gasteiger partial charge < -0.3 is 15.0 Å². The molecule has 6 heteroatoms. The van der Waals surface area contributed by atoms with Gasteiger partial charge in [-0.2, -0.15) is 0 Å². The number of carbonyl (C=O) groups excluding carboxylic acids is 2. The Balaban J connectivity index is 2.11. The molecule has 0 spiro atoms. The maximum atomic E-state index is 12.3. The molecule has 126 valence electrons. The lowest BCUT2D eigenvalue weighted by molar-refractivity contribution is 0.0475. The number of benzene rings is 1. The molecule has 1 aromatic heterocycles. The standard InChI is InChI=1S/C18H19ClN2O3/c1-4-7-21-11(2)8-14(12(21)3)17(22)10-24-18(23)15-9-13(19)5-6-16(15)20/h4-6,8-9H,1,7,10,20H2,2-3H3. The number of nitrogens with two attached hydrogens (primary N) is 1. The van der Waals surface area contributed by atoms with Crippen LogP contribution in [0.1, 0.15) is 32.1 Å². The largest absolute Gasteiger partial charge is 0.454 e. The van der Waals surface area contributed by atoms with Crippen molar-refractivity contribution in [3.8, 4) is 0 Å². The molecule has 2 aromatic rings. The van der Waals surface area contributed by atoms with E-state index in [1.165, 1.54) is 12.1 Å². The van der Waals surface area contributed by atoms with E-state index in [4.69, 9.17) is 22.1 Å². The Morgan fingerprint density at radius 1 is 1.29 bits per heavy atom. The number of nitrogens with zero attached hydrogens (tertiary/aromatic N) is 1. The number of esters is 1. The van der Waals surface area contributed by atoms with Crippen molar-refractivity contribution < 1.29 is 14.3 Å². The van der Waals surface area contributed by atoms with Crippen molar-refractivity contribution in [3.63, 3.8) is 0 Å². The Morgan fingerprint density at radius 3 is 2.67 bits per heavy atom. The fourth-order valence-electron chi connectivity index (χ4n) is 2.49. The van der Waals surface area contributed by atoms with Gasteiger partial charge in [0.15, 0.2) is 6.61 Å². The second-order valence-electron chi connectivity index (χ2n) is 5.41. The van der Waals surface area contributed by atoms with E-state index in [-0.39, 0.29) is 23.6 Å². The zero-order valence-corrected chi connectivity index (χ0v) is 14.4. The number of aryl methyl sites for hydroxylation is 1. The quantitative estimate of drug-likeness (QED) is 0.375. The lowest BCUT2D eigenvalue weighted by Crippen LogP contribution is -2.16. The zero-order valence-electron chi connectivity index (χ0n) is 13.6. The molecule has 0 fully saturated rings. The van der Waals surface area contributed by atoms with Crippen molar-refractivity contribution in [1.29, 1.82) is 0 Å². The van der Waals surface area contributed by atoms with Gasteiger partial charge in [-0.1, -0.05) is 17.7 Å². The average Bonchev–Trinajstić information content (AvgIpc) is 2.83. The van der Waals surface area contributed by atoms with E-state index in [0.717, 1.165) is 11.4 Å². The Kier molecular flexibility index (Phi) is 5.46. The van der Waals surface area contributed by atoms with Gasteiger partial charge >= 0.3 is 5.97 Å². The molecule has 0 unspecified atom stereocenters. The van der Waals surface area contributed by atoms with Gasteiger partial charge in [-0.05, 0) is 38.1 Å². The van der Waals surface area contributed by atoms with Gasteiger partial charge in [0, 0.05) is 34.2 Å². The van der Waals surface area contributed by atoms with Gasteiger partial charge in [0.2, 0.25) is 5.78 Å². The summed E-state index contributed by atoms with van der Waals surface area (Å²) in [5.41, 5.74) is 8.42. The molecule has 0 aliphatic carbocycles. The minimum atomic E-state index is -0.678. The summed E-state index contributed by atoms with van der Waals surface area (Å²) in [6, 6.07) is 6.29. The van der Waals surface area contributed by atoms with Crippen LogP contribution in [0, 0.1) is 13.8 Å². The number of anilines is 1. The van der Waals surface area contributed by atoms with E-state index >= 15 is 0 Å². The van der Waals surface area contributed by atoms with Gasteiger partial charge in [0.1, 0.15) is 0 Å². The predicted octanol–water partition coefficient (Wildman–Crippen LogP) is 3.57. The van der Waals surface area contributed by atoms with Crippen molar-refractivity contribution in [1.82, 2.24) is 4.57 Å². The first-order chi connectivity index (χ1) is 11.3. The van der Waals surface area contributed by atoms with Crippen LogP contribution >= 0.6 is 11.6 Å². The van der Waals surface area contributed by atoms with E-state index in [2.05, 4.69) is 6.58 Å². The Bertz CT molecular complexity index is 809. The zero-order chi connectivity index (χ0) is 17.9. The minimum absolute atomic E-state index is 0.146. The van der Waals surface area contributed by atoms with Crippen LogP contribution in [-0.2, 0) is 11.3 Å². The normalized spacial score (nSPS) is 10.5. The monoisotopic (exact) mass is 346 g/mol. The van der Waals surface area contributed by atoms with Crippen LogP contribution in [0.2, 0.25) is 5.02 Å². The Hall–Kier alpha value is -2.53. The van der Waals surface area contributed by atoms with Crippen LogP contribution in [0.3, 0.4) is 0 Å². The number of carbonyl (C=O) groups is 2. The molecule has 24 heavy (non-hydrogen) atoms. The molecule has 0 saturated heterocycles. The molecule has 1 aromatic carbocycles. The molecule has 0 amide bonds. The molecular formula is C18H19ClN2O3. The minimum Gasteiger partial charge on any atom is -0.454 e. The molecular weight excluding hydrogens is 328 g/mol. The number of allylic oxidation sites excluding steroid dienone is 1. The fourth-order valence-corrected chi connectivity index (χ4v) is 2.66. The summed E-state index contributed by atoms with van der Waals surface area (Å²) in [6.45, 7) is 7.72. The van der Waals surface area contributed by atoms with E-state index in [1.807, 2.05) is 18.4 Å². The summed E-state index contributed by atoms with van der Waals surface area (Å²) < 4.78 is 7.06. The van der Waals surface area contributed by atoms with Crippen LogP contribution in [0.4, 0.5) is 5.69 Å². The van der Waals surface area contributed by atoms with Crippen LogP contribution in [0.15, 0.2) is 36.9 Å². The highest BCUT2D eigenvalue weighted by Gasteiger charge is 2.18. The first-order valence-corrected chi connectivity index (χ1v) is 7.76. The second kappa shape index (κ2) is 7.36. The third kappa shape index (κ3) is 3.68. The number of ketones is 1. The molecule has 0 atom stereocenters. The lowest BCUT2D eigenvalue weighted by Gasteiger charge is -2.08. The number of hydrogen-bond acceptors (Lipinski definition) is 4. The van der Waals surface area contributed by atoms with Crippen LogP contribution < -0.4 is 5.73 Å². The smallest absolute Gasteiger partial charge is 0.340 e. The number of hydrogen-bond donors (Lipinski definition) is 1. The van der Waals surface area contributed by atoms with Crippen LogP contribution in [0.5, 0.6) is 0 Å². The highest BCUT2D eigenvalue weighted by molar-refractivity contribution is 6.31. The van der Waals surface area contributed by atoms with Crippen molar-refractivity contribution in [2.24, 2.45) is 0 Å². The third-order valence-electron chi connectivity index (χ3n) is 3.76. The summed E-state index contributed by atoms with van der Waals surface area (Å²) in [6.07, 6.45) is 1.76. The summed E-state index contributed by atoms with van der Waals surface area (Å²) in [5, 5.41) is 0.371. The molecule has 2 N–H and O–H groups in total. The fraction of sp³-hybridized carbons (Fsp3) is 0.222. The lowest BCUT2D eigenvalue weighted by atomic mass is 10.1. The molecule has 1 heterocycles. The molecule has 0 radical (unpaired) electrons. The number of halogens is 1. The van der Waals surface area contributed by atoms with Crippen LogP contribution in [0.25, 0.3) is 0 Å².